The van der Waals surface area contributed by atoms with Crippen molar-refractivity contribution in [1.82, 2.24) is 9.88 Å². The number of esters is 1. The second kappa shape index (κ2) is 10.3. The lowest BCUT2D eigenvalue weighted by atomic mass is 10.1. The zero-order valence-electron chi connectivity index (χ0n) is 18.0. The normalized spacial score (nSPS) is 11.4. The van der Waals surface area contributed by atoms with Crippen LogP contribution in [-0.4, -0.2) is 35.5 Å². The molecule has 0 saturated heterocycles. The summed E-state index contributed by atoms with van der Waals surface area (Å²) in [6, 6.07) is 17.2. The molecule has 0 aliphatic heterocycles. The van der Waals surface area contributed by atoms with E-state index in [9.17, 15) is 14.4 Å². The molecule has 2 amide bonds. The minimum absolute atomic E-state index is 0.0447. The van der Waals surface area contributed by atoms with Crippen molar-refractivity contribution < 1.29 is 19.1 Å². The van der Waals surface area contributed by atoms with Gasteiger partial charge in [0.15, 0.2) is 0 Å². The predicted molar refractivity (Wildman–Crippen MR) is 122 cm³/mol. The Balaban J connectivity index is 1.64. The highest BCUT2D eigenvalue weighted by Crippen LogP contribution is 2.15. The first-order chi connectivity index (χ1) is 15.4. The van der Waals surface area contributed by atoms with E-state index < -0.39 is 12.0 Å². The molecule has 1 atom stereocenters. The summed E-state index contributed by atoms with van der Waals surface area (Å²) in [6.07, 6.45) is 2.03. The average molecular weight is 434 g/mol. The van der Waals surface area contributed by atoms with Gasteiger partial charge in [0.25, 0.3) is 5.91 Å². The summed E-state index contributed by atoms with van der Waals surface area (Å²) < 4.78 is 6.48. The maximum absolute atomic E-state index is 12.6. The van der Waals surface area contributed by atoms with Gasteiger partial charge in [-0.3, -0.25) is 9.59 Å². The van der Waals surface area contributed by atoms with Crippen molar-refractivity contribution in [3.63, 3.8) is 0 Å². The van der Waals surface area contributed by atoms with Gasteiger partial charge in [0, 0.05) is 25.4 Å². The third kappa shape index (κ3) is 5.98. The van der Waals surface area contributed by atoms with E-state index in [1.165, 1.54) is 7.11 Å². The molecule has 0 aliphatic rings. The lowest BCUT2D eigenvalue weighted by Gasteiger charge is -2.17. The fourth-order valence-electron chi connectivity index (χ4n) is 3.39. The van der Waals surface area contributed by atoms with Crippen LogP contribution in [0.5, 0.6) is 0 Å². The fraction of sp³-hybridized carbons (Fsp3) is 0.208. The number of methoxy groups -OCH3 is 1. The molecule has 1 unspecified atom stereocenters. The number of nitrogens with two attached hydrogens (primary N) is 1. The van der Waals surface area contributed by atoms with Gasteiger partial charge >= 0.3 is 5.97 Å². The molecule has 1 heterocycles. The Morgan fingerprint density at radius 2 is 1.75 bits per heavy atom. The zero-order chi connectivity index (χ0) is 23.1. The predicted octanol–water partition coefficient (Wildman–Crippen LogP) is 2.30. The number of ether oxygens (including phenoxy) is 1. The lowest BCUT2D eigenvalue weighted by molar-refractivity contribution is -0.145. The van der Waals surface area contributed by atoms with Crippen molar-refractivity contribution in [3.8, 4) is 0 Å². The Morgan fingerprint density at radius 3 is 2.41 bits per heavy atom. The number of benzene rings is 2. The number of aryl methyl sites for hydroxylation is 1. The first-order valence-electron chi connectivity index (χ1n) is 10.1. The van der Waals surface area contributed by atoms with Crippen LogP contribution in [0.25, 0.3) is 0 Å². The number of hydrogen-bond donors (Lipinski definition) is 3. The molecule has 0 spiro atoms. The number of nitrogens with zero attached hydrogens (tertiary/aromatic N) is 1. The number of nitrogens with one attached hydrogen (secondary N) is 2. The number of carbonyl (C=O) groups excluding carboxylic acids is 3. The Kier molecular flexibility index (Phi) is 7.28. The molecule has 0 aliphatic carbocycles. The summed E-state index contributed by atoms with van der Waals surface area (Å²) in [7, 11) is 3.03. The highest BCUT2D eigenvalue weighted by molar-refractivity contribution is 6.03. The molecule has 0 fully saturated rings. The molecule has 166 valence electrons. The summed E-state index contributed by atoms with van der Waals surface area (Å²) in [5.41, 5.74) is 8.80. The van der Waals surface area contributed by atoms with Crippen molar-refractivity contribution in [2.45, 2.75) is 18.9 Å². The molecule has 32 heavy (non-hydrogen) atoms. The maximum atomic E-state index is 12.6. The Labute approximate surface area is 186 Å². The number of amides is 2. The van der Waals surface area contributed by atoms with Gasteiger partial charge < -0.3 is 25.7 Å². The largest absolute Gasteiger partial charge is 0.467 e. The third-order valence-corrected chi connectivity index (χ3v) is 4.91. The molecular weight excluding hydrogens is 408 g/mol. The number of aromatic nitrogens is 1. The first kappa shape index (κ1) is 22.6. The SMILES string of the molecule is COC(=O)C(Cc1ccccc1)NC(=O)Cc1cccc(NC(=O)c2cc(N)cn2C)c1. The average Bonchev–Trinajstić information content (AvgIpc) is 3.11. The molecule has 3 rings (SSSR count). The van der Waals surface area contributed by atoms with Gasteiger partial charge in [-0.15, -0.1) is 0 Å². The lowest BCUT2D eigenvalue weighted by Crippen LogP contribution is -2.43. The van der Waals surface area contributed by atoms with Crippen LogP contribution in [-0.2, 0) is 34.2 Å². The maximum Gasteiger partial charge on any atom is 0.328 e. The second-order valence-corrected chi connectivity index (χ2v) is 7.43. The van der Waals surface area contributed by atoms with Crippen molar-refractivity contribution in [2.24, 2.45) is 7.05 Å². The summed E-state index contributed by atoms with van der Waals surface area (Å²) >= 11 is 0. The third-order valence-electron chi connectivity index (χ3n) is 4.91. The monoisotopic (exact) mass is 434 g/mol. The summed E-state index contributed by atoms with van der Waals surface area (Å²) in [5, 5.41) is 5.55. The van der Waals surface area contributed by atoms with Crippen LogP contribution in [0.4, 0.5) is 11.4 Å². The number of anilines is 2. The molecule has 0 bridgehead atoms. The van der Waals surface area contributed by atoms with E-state index in [0.29, 0.717) is 29.1 Å². The number of carbonyl (C=O) groups is 3. The van der Waals surface area contributed by atoms with Crippen LogP contribution in [0.2, 0.25) is 0 Å². The smallest absolute Gasteiger partial charge is 0.328 e. The second-order valence-electron chi connectivity index (χ2n) is 7.43. The highest BCUT2D eigenvalue weighted by atomic mass is 16.5. The van der Waals surface area contributed by atoms with E-state index in [-0.39, 0.29) is 18.2 Å². The number of rotatable bonds is 8. The number of hydrogen-bond acceptors (Lipinski definition) is 5. The molecule has 0 radical (unpaired) electrons. The van der Waals surface area contributed by atoms with Gasteiger partial charge in [-0.05, 0) is 29.3 Å². The van der Waals surface area contributed by atoms with Gasteiger partial charge in [0.1, 0.15) is 11.7 Å². The van der Waals surface area contributed by atoms with Crippen LogP contribution in [0.3, 0.4) is 0 Å². The van der Waals surface area contributed by atoms with Gasteiger partial charge in [-0.2, -0.15) is 0 Å². The molecular formula is C24H26N4O4. The zero-order valence-corrected chi connectivity index (χ0v) is 18.0. The quantitative estimate of drug-likeness (QED) is 0.471. The molecule has 2 aromatic carbocycles. The topological polar surface area (TPSA) is 115 Å². The molecule has 1 aromatic heterocycles. The van der Waals surface area contributed by atoms with E-state index in [4.69, 9.17) is 10.5 Å². The summed E-state index contributed by atoms with van der Waals surface area (Å²) in [6.45, 7) is 0. The molecule has 0 saturated carbocycles. The minimum atomic E-state index is -0.791. The Hall–Kier alpha value is -4.07. The van der Waals surface area contributed by atoms with Gasteiger partial charge in [0.05, 0.1) is 19.2 Å². The van der Waals surface area contributed by atoms with E-state index >= 15 is 0 Å². The van der Waals surface area contributed by atoms with Crippen molar-refractivity contribution in [2.75, 3.05) is 18.2 Å². The number of nitrogen functional groups attached to an aromatic ring is 1. The van der Waals surface area contributed by atoms with Crippen LogP contribution < -0.4 is 16.4 Å². The highest BCUT2D eigenvalue weighted by Gasteiger charge is 2.22. The Morgan fingerprint density at radius 1 is 1.03 bits per heavy atom. The van der Waals surface area contributed by atoms with E-state index in [2.05, 4.69) is 10.6 Å². The fourth-order valence-corrected chi connectivity index (χ4v) is 3.39. The molecule has 8 heteroatoms. The van der Waals surface area contributed by atoms with Crippen LogP contribution in [0, 0.1) is 0 Å². The minimum Gasteiger partial charge on any atom is -0.467 e. The van der Waals surface area contributed by atoms with E-state index in [0.717, 1.165) is 5.56 Å². The van der Waals surface area contributed by atoms with Gasteiger partial charge in [0.2, 0.25) is 5.91 Å². The van der Waals surface area contributed by atoms with Gasteiger partial charge in [-0.1, -0.05) is 42.5 Å². The molecule has 8 nitrogen and oxygen atoms in total. The Bertz CT molecular complexity index is 1110. The van der Waals surface area contributed by atoms with Gasteiger partial charge in [-0.25, -0.2) is 4.79 Å². The van der Waals surface area contributed by atoms with Crippen molar-refractivity contribution >= 4 is 29.2 Å². The van der Waals surface area contributed by atoms with E-state index in [1.54, 1.807) is 48.1 Å². The van der Waals surface area contributed by atoms with Crippen LogP contribution in [0.1, 0.15) is 21.6 Å². The molecule has 3 aromatic rings. The van der Waals surface area contributed by atoms with Crippen molar-refractivity contribution in [1.29, 1.82) is 0 Å². The summed E-state index contributed by atoms with van der Waals surface area (Å²) in [5.74, 6) is -1.14. The van der Waals surface area contributed by atoms with E-state index in [1.807, 2.05) is 30.3 Å². The molecule has 4 N–H and O–H groups in total. The summed E-state index contributed by atoms with van der Waals surface area (Å²) in [4.78, 5) is 37.3. The standard InChI is InChI=1S/C24H26N4O4/c1-28-15-18(25)14-21(28)23(30)26-19-10-6-9-17(11-19)13-22(29)27-20(24(31)32-2)12-16-7-4-3-5-8-16/h3-11,14-15,20H,12-13,25H2,1-2H3,(H,26,30)(H,27,29). The van der Waals surface area contributed by atoms with Crippen molar-refractivity contribution in [3.05, 3.63) is 83.7 Å². The van der Waals surface area contributed by atoms with Crippen LogP contribution >= 0.6 is 0 Å². The van der Waals surface area contributed by atoms with Crippen LogP contribution in [0.15, 0.2) is 66.9 Å². The first-order valence-corrected chi connectivity index (χ1v) is 10.1.